The van der Waals surface area contributed by atoms with Gasteiger partial charge in [0.1, 0.15) is 17.1 Å². The number of fused-ring (bicyclic) bond motifs is 1. The first kappa shape index (κ1) is 16.8. The number of carbonyl (C=O) groups excluding carboxylic acids is 1. The smallest absolute Gasteiger partial charge is 0.255 e. The van der Waals surface area contributed by atoms with E-state index in [2.05, 4.69) is 10.3 Å². The predicted octanol–water partition coefficient (Wildman–Crippen LogP) is 4.90. The number of aromatic hydroxyl groups is 1. The summed E-state index contributed by atoms with van der Waals surface area (Å²) in [5.41, 5.74) is 3.00. The van der Waals surface area contributed by atoms with Crippen LogP contribution in [0.4, 0.5) is 10.1 Å². The number of oxazole rings is 1. The number of aromatic nitrogens is 1. The SMILES string of the molecule is Cc1cc(NC(=O)c2ccc(F)cc2)cc(-c2nc3ccccc3o2)c1O. The minimum Gasteiger partial charge on any atom is -0.507 e. The van der Waals surface area contributed by atoms with E-state index in [4.69, 9.17) is 4.42 Å². The maximum atomic E-state index is 13.0. The quantitative estimate of drug-likeness (QED) is 0.508. The van der Waals surface area contributed by atoms with E-state index in [1.165, 1.54) is 24.3 Å². The minimum atomic E-state index is -0.412. The van der Waals surface area contributed by atoms with Gasteiger partial charge in [0.2, 0.25) is 5.89 Å². The summed E-state index contributed by atoms with van der Waals surface area (Å²) in [6.07, 6.45) is 0. The maximum absolute atomic E-state index is 13.0. The lowest BCUT2D eigenvalue weighted by Gasteiger charge is -2.10. The van der Waals surface area contributed by atoms with E-state index in [0.717, 1.165) is 0 Å². The number of phenolic OH excluding ortho intramolecular Hbond substituents is 1. The van der Waals surface area contributed by atoms with Gasteiger partial charge in [-0.15, -0.1) is 0 Å². The zero-order valence-corrected chi connectivity index (χ0v) is 14.4. The number of aryl methyl sites for hydroxylation is 1. The van der Waals surface area contributed by atoms with Crippen LogP contribution >= 0.6 is 0 Å². The molecule has 1 heterocycles. The van der Waals surface area contributed by atoms with Crippen LogP contribution in [0.3, 0.4) is 0 Å². The average Bonchev–Trinajstić information content (AvgIpc) is 3.09. The monoisotopic (exact) mass is 362 g/mol. The molecule has 6 heteroatoms. The van der Waals surface area contributed by atoms with E-state index >= 15 is 0 Å². The zero-order valence-electron chi connectivity index (χ0n) is 14.4. The Balaban J connectivity index is 1.70. The molecule has 4 aromatic rings. The van der Waals surface area contributed by atoms with Crippen molar-refractivity contribution in [3.05, 3.63) is 77.6 Å². The fourth-order valence-corrected chi connectivity index (χ4v) is 2.81. The van der Waals surface area contributed by atoms with E-state index in [9.17, 15) is 14.3 Å². The summed E-state index contributed by atoms with van der Waals surface area (Å²) >= 11 is 0. The van der Waals surface area contributed by atoms with Crippen LogP contribution in [0.5, 0.6) is 5.75 Å². The van der Waals surface area contributed by atoms with Crippen LogP contribution in [0.2, 0.25) is 0 Å². The van der Waals surface area contributed by atoms with Crippen molar-refractivity contribution < 1.29 is 18.7 Å². The lowest BCUT2D eigenvalue weighted by atomic mass is 10.1. The van der Waals surface area contributed by atoms with Crippen LogP contribution in [-0.2, 0) is 0 Å². The molecule has 0 fully saturated rings. The van der Waals surface area contributed by atoms with Crippen molar-refractivity contribution in [3.8, 4) is 17.2 Å². The van der Waals surface area contributed by atoms with E-state index in [-0.39, 0.29) is 17.5 Å². The van der Waals surface area contributed by atoms with Crippen molar-refractivity contribution in [2.24, 2.45) is 0 Å². The molecule has 0 aliphatic rings. The third kappa shape index (κ3) is 3.25. The Labute approximate surface area is 154 Å². The van der Waals surface area contributed by atoms with Crippen molar-refractivity contribution in [3.63, 3.8) is 0 Å². The van der Waals surface area contributed by atoms with E-state index in [1.807, 2.05) is 18.2 Å². The molecule has 0 bridgehead atoms. The number of anilines is 1. The second-order valence-corrected chi connectivity index (χ2v) is 6.14. The van der Waals surface area contributed by atoms with E-state index < -0.39 is 5.82 Å². The molecule has 3 aromatic carbocycles. The molecular formula is C21H15FN2O3. The fraction of sp³-hybridized carbons (Fsp3) is 0.0476. The van der Waals surface area contributed by atoms with Gasteiger partial charge >= 0.3 is 0 Å². The van der Waals surface area contributed by atoms with Crippen molar-refractivity contribution in [2.75, 3.05) is 5.32 Å². The molecule has 1 aromatic heterocycles. The molecule has 4 rings (SSSR count). The summed E-state index contributed by atoms with van der Waals surface area (Å²) in [6.45, 7) is 1.72. The number of nitrogens with one attached hydrogen (secondary N) is 1. The Morgan fingerprint density at radius 1 is 1.11 bits per heavy atom. The van der Waals surface area contributed by atoms with Gasteiger partial charge in [-0.2, -0.15) is 0 Å². The summed E-state index contributed by atoms with van der Waals surface area (Å²) in [5, 5.41) is 13.2. The van der Waals surface area contributed by atoms with Gasteiger partial charge in [-0.1, -0.05) is 12.1 Å². The normalized spacial score (nSPS) is 10.9. The van der Waals surface area contributed by atoms with Gasteiger partial charge in [0.25, 0.3) is 5.91 Å². The molecule has 0 aliphatic heterocycles. The van der Waals surface area contributed by atoms with Gasteiger partial charge in [0.05, 0.1) is 5.56 Å². The topological polar surface area (TPSA) is 75.4 Å². The highest BCUT2D eigenvalue weighted by molar-refractivity contribution is 6.04. The Morgan fingerprint density at radius 2 is 1.85 bits per heavy atom. The molecule has 0 spiro atoms. The van der Waals surface area contributed by atoms with Crippen LogP contribution in [0, 0.1) is 12.7 Å². The third-order valence-electron chi connectivity index (χ3n) is 4.19. The van der Waals surface area contributed by atoms with Crippen LogP contribution in [-0.4, -0.2) is 16.0 Å². The van der Waals surface area contributed by atoms with Gasteiger partial charge < -0.3 is 14.8 Å². The molecule has 2 N–H and O–H groups in total. The summed E-state index contributed by atoms with van der Waals surface area (Å²) in [6, 6.07) is 15.8. The number of para-hydroxylation sites is 2. The molecule has 0 atom stereocenters. The molecule has 27 heavy (non-hydrogen) atoms. The molecule has 0 radical (unpaired) electrons. The minimum absolute atomic E-state index is 0.0290. The lowest BCUT2D eigenvalue weighted by molar-refractivity contribution is 0.102. The zero-order chi connectivity index (χ0) is 19.0. The largest absolute Gasteiger partial charge is 0.507 e. The number of nitrogens with zero attached hydrogens (tertiary/aromatic N) is 1. The lowest BCUT2D eigenvalue weighted by Crippen LogP contribution is -2.12. The highest BCUT2D eigenvalue weighted by Crippen LogP contribution is 2.36. The van der Waals surface area contributed by atoms with Crippen molar-refractivity contribution in [1.82, 2.24) is 4.98 Å². The van der Waals surface area contributed by atoms with Crippen LogP contribution in [0.1, 0.15) is 15.9 Å². The van der Waals surface area contributed by atoms with Gasteiger partial charge in [-0.3, -0.25) is 4.79 Å². The third-order valence-corrected chi connectivity index (χ3v) is 4.19. The van der Waals surface area contributed by atoms with Gasteiger partial charge in [0.15, 0.2) is 5.58 Å². The van der Waals surface area contributed by atoms with E-state index in [0.29, 0.717) is 33.5 Å². The summed E-state index contributed by atoms with van der Waals surface area (Å²) in [7, 11) is 0. The van der Waals surface area contributed by atoms with Crippen LogP contribution in [0.15, 0.2) is 65.1 Å². The molecule has 0 saturated carbocycles. The Bertz CT molecular complexity index is 1120. The molecule has 5 nitrogen and oxygen atoms in total. The molecule has 1 amide bonds. The number of rotatable bonds is 3. The van der Waals surface area contributed by atoms with Crippen molar-refractivity contribution >= 4 is 22.7 Å². The standard InChI is InChI=1S/C21H15FN2O3/c1-12-10-15(23-20(26)13-6-8-14(22)9-7-13)11-16(19(12)25)21-24-17-4-2-3-5-18(17)27-21/h2-11,25H,1H3,(H,23,26). The first-order valence-corrected chi connectivity index (χ1v) is 8.28. The number of halogens is 1. The van der Waals surface area contributed by atoms with Gasteiger partial charge in [-0.25, -0.2) is 9.37 Å². The van der Waals surface area contributed by atoms with E-state index in [1.54, 1.807) is 25.1 Å². The number of phenols is 1. The maximum Gasteiger partial charge on any atom is 0.255 e. The molecular weight excluding hydrogens is 347 g/mol. The number of hydrogen-bond donors (Lipinski definition) is 2. The molecule has 0 unspecified atom stereocenters. The number of hydrogen-bond acceptors (Lipinski definition) is 4. The first-order chi connectivity index (χ1) is 13.0. The Hall–Kier alpha value is -3.67. The van der Waals surface area contributed by atoms with Crippen LogP contribution in [0.25, 0.3) is 22.6 Å². The Morgan fingerprint density at radius 3 is 2.59 bits per heavy atom. The number of carbonyl (C=O) groups is 1. The van der Waals surface area contributed by atoms with Gasteiger partial charge in [-0.05, 0) is 61.0 Å². The molecule has 134 valence electrons. The Kier molecular flexibility index (Phi) is 4.08. The predicted molar refractivity (Wildman–Crippen MR) is 100 cm³/mol. The average molecular weight is 362 g/mol. The fourth-order valence-electron chi connectivity index (χ4n) is 2.81. The highest BCUT2D eigenvalue weighted by atomic mass is 19.1. The van der Waals surface area contributed by atoms with Crippen molar-refractivity contribution in [2.45, 2.75) is 6.92 Å². The highest BCUT2D eigenvalue weighted by Gasteiger charge is 2.16. The summed E-state index contributed by atoms with van der Waals surface area (Å²) in [5.74, 6) is -0.509. The first-order valence-electron chi connectivity index (χ1n) is 8.28. The number of amides is 1. The molecule has 0 saturated heterocycles. The second kappa shape index (κ2) is 6.57. The van der Waals surface area contributed by atoms with Gasteiger partial charge in [0, 0.05) is 11.3 Å². The molecule has 0 aliphatic carbocycles. The summed E-state index contributed by atoms with van der Waals surface area (Å²) < 4.78 is 18.7. The van der Waals surface area contributed by atoms with Crippen LogP contribution < -0.4 is 5.32 Å². The van der Waals surface area contributed by atoms with Crippen molar-refractivity contribution in [1.29, 1.82) is 0 Å². The number of benzene rings is 3. The second-order valence-electron chi connectivity index (χ2n) is 6.14. The summed E-state index contributed by atoms with van der Waals surface area (Å²) in [4.78, 5) is 16.8.